The van der Waals surface area contributed by atoms with Crippen molar-refractivity contribution >= 4 is 0 Å². The Labute approximate surface area is 108 Å². The highest BCUT2D eigenvalue weighted by atomic mass is 19.4. The highest BCUT2D eigenvalue weighted by molar-refractivity contribution is 5.36. The Morgan fingerprint density at radius 2 is 1.84 bits per heavy atom. The Morgan fingerprint density at radius 1 is 1.16 bits per heavy atom. The van der Waals surface area contributed by atoms with Crippen LogP contribution in [0.1, 0.15) is 17.7 Å². The molecule has 6 heteroatoms. The number of alkyl halides is 3. The number of benzene rings is 1. The van der Waals surface area contributed by atoms with Gasteiger partial charge in [-0.15, -0.1) is 0 Å². The second-order valence-electron chi connectivity index (χ2n) is 4.09. The van der Waals surface area contributed by atoms with Crippen molar-refractivity contribution in [2.45, 2.75) is 19.0 Å². The van der Waals surface area contributed by atoms with E-state index in [9.17, 15) is 13.2 Å². The topological polar surface area (TPSA) is 38.1 Å². The predicted molar refractivity (Wildman–Crippen MR) is 64.0 cm³/mol. The lowest BCUT2D eigenvalue weighted by molar-refractivity contribution is -0.143. The van der Waals surface area contributed by atoms with Crippen LogP contribution >= 0.6 is 0 Å². The van der Waals surface area contributed by atoms with Gasteiger partial charge in [-0.25, -0.2) is 4.68 Å². The first-order valence-corrected chi connectivity index (χ1v) is 5.84. The zero-order valence-corrected chi connectivity index (χ0v) is 10.1. The second-order valence-corrected chi connectivity index (χ2v) is 4.09. The van der Waals surface area contributed by atoms with Crippen LogP contribution in [0.15, 0.2) is 36.5 Å². The molecule has 19 heavy (non-hydrogen) atoms. The lowest BCUT2D eigenvalue weighted by Gasteiger charge is -2.12. The number of hydrogen-bond acceptors (Lipinski definition) is 2. The summed E-state index contributed by atoms with van der Waals surface area (Å²) >= 11 is 0. The predicted octanol–water partition coefficient (Wildman–Crippen LogP) is 2.82. The minimum absolute atomic E-state index is 0.102. The Balaban J connectivity index is 2.47. The van der Waals surface area contributed by atoms with Crippen molar-refractivity contribution in [3.05, 3.63) is 47.8 Å². The van der Waals surface area contributed by atoms with Crippen LogP contribution < -0.4 is 0 Å². The van der Waals surface area contributed by atoms with Crippen molar-refractivity contribution < 1.29 is 18.3 Å². The van der Waals surface area contributed by atoms with Crippen molar-refractivity contribution in [1.82, 2.24) is 9.78 Å². The number of halogens is 3. The van der Waals surface area contributed by atoms with Gasteiger partial charge in [0.05, 0.1) is 11.9 Å². The summed E-state index contributed by atoms with van der Waals surface area (Å²) in [6, 6.07) is 8.18. The lowest BCUT2D eigenvalue weighted by Crippen LogP contribution is -2.15. The fourth-order valence-electron chi connectivity index (χ4n) is 1.90. The van der Waals surface area contributed by atoms with Crippen molar-refractivity contribution in [3.8, 4) is 5.69 Å². The van der Waals surface area contributed by atoms with Gasteiger partial charge in [-0.3, -0.25) is 0 Å². The van der Waals surface area contributed by atoms with Crippen molar-refractivity contribution in [1.29, 1.82) is 0 Å². The molecule has 0 spiro atoms. The molecule has 1 aromatic carbocycles. The number of nitrogens with zero attached hydrogens (tertiary/aromatic N) is 2. The van der Waals surface area contributed by atoms with E-state index in [0.29, 0.717) is 5.69 Å². The molecule has 0 aliphatic heterocycles. The maximum Gasteiger partial charge on any atom is 0.433 e. The highest BCUT2D eigenvalue weighted by Crippen LogP contribution is 2.34. The van der Waals surface area contributed by atoms with Gasteiger partial charge in [0.2, 0.25) is 0 Å². The van der Waals surface area contributed by atoms with Gasteiger partial charge in [-0.1, -0.05) is 18.2 Å². The van der Waals surface area contributed by atoms with Crippen LogP contribution in [0.25, 0.3) is 5.69 Å². The molecule has 0 fully saturated rings. The van der Waals surface area contributed by atoms with Gasteiger partial charge in [0, 0.05) is 12.2 Å². The Hall–Kier alpha value is -1.82. The third-order valence-corrected chi connectivity index (χ3v) is 2.72. The van der Waals surface area contributed by atoms with E-state index in [0.717, 1.165) is 4.68 Å². The fraction of sp³-hybridized carbons (Fsp3) is 0.308. The third kappa shape index (κ3) is 2.96. The number of aromatic nitrogens is 2. The van der Waals surface area contributed by atoms with E-state index in [2.05, 4.69) is 5.10 Å². The molecular weight excluding hydrogens is 257 g/mol. The molecule has 2 aromatic rings. The smallest absolute Gasteiger partial charge is 0.396 e. The number of aryl methyl sites for hydroxylation is 1. The first kappa shape index (κ1) is 13.6. The standard InChI is InChI=1S/C13H13F3N2O/c14-13(15,16)12-10(5-4-8-19)9-17-18(12)11-6-2-1-3-7-11/h1-3,6-7,9,19H,4-5,8H2. The minimum Gasteiger partial charge on any atom is -0.396 e. The molecule has 0 aliphatic rings. The summed E-state index contributed by atoms with van der Waals surface area (Å²) in [5.74, 6) is 0. The van der Waals surface area contributed by atoms with Gasteiger partial charge in [-0.05, 0) is 25.0 Å². The molecule has 102 valence electrons. The maximum absolute atomic E-state index is 13.1. The summed E-state index contributed by atoms with van der Waals surface area (Å²) in [7, 11) is 0. The van der Waals surface area contributed by atoms with E-state index in [1.54, 1.807) is 30.3 Å². The zero-order chi connectivity index (χ0) is 13.9. The summed E-state index contributed by atoms with van der Waals surface area (Å²) < 4.78 is 40.3. The van der Waals surface area contributed by atoms with E-state index < -0.39 is 11.9 Å². The molecule has 0 amide bonds. The molecule has 0 saturated heterocycles. The molecule has 3 nitrogen and oxygen atoms in total. The third-order valence-electron chi connectivity index (χ3n) is 2.72. The second kappa shape index (κ2) is 5.44. The summed E-state index contributed by atoms with van der Waals surface area (Å²) in [4.78, 5) is 0. The number of aliphatic hydroxyl groups is 1. The van der Waals surface area contributed by atoms with Gasteiger partial charge in [0.15, 0.2) is 5.69 Å². The molecular formula is C13H13F3N2O. The molecule has 1 heterocycles. The molecule has 0 aliphatic carbocycles. The van der Waals surface area contributed by atoms with Crippen molar-refractivity contribution in [2.75, 3.05) is 6.61 Å². The maximum atomic E-state index is 13.1. The SMILES string of the molecule is OCCCc1cnn(-c2ccccc2)c1C(F)(F)F. The minimum atomic E-state index is -4.48. The Kier molecular flexibility index (Phi) is 3.90. The number of para-hydroxylation sites is 1. The number of rotatable bonds is 4. The fourth-order valence-corrected chi connectivity index (χ4v) is 1.90. The van der Waals surface area contributed by atoms with E-state index in [-0.39, 0.29) is 25.0 Å². The van der Waals surface area contributed by atoms with Crippen molar-refractivity contribution in [2.24, 2.45) is 0 Å². The summed E-state index contributed by atoms with van der Waals surface area (Å²) in [5.41, 5.74) is -0.303. The van der Waals surface area contributed by atoms with E-state index in [1.807, 2.05) is 0 Å². The van der Waals surface area contributed by atoms with E-state index >= 15 is 0 Å². The number of hydrogen-bond donors (Lipinski definition) is 1. The first-order chi connectivity index (χ1) is 9.04. The van der Waals surface area contributed by atoms with Gasteiger partial charge in [0.1, 0.15) is 0 Å². The summed E-state index contributed by atoms with van der Waals surface area (Å²) in [5, 5.41) is 12.6. The van der Waals surface area contributed by atoms with Crippen LogP contribution in [0, 0.1) is 0 Å². The molecule has 0 radical (unpaired) electrons. The van der Waals surface area contributed by atoms with Gasteiger partial charge >= 0.3 is 6.18 Å². The Morgan fingerprint density at radius 3 is 2.42 bits per heavy atom. The zero-order valence-electron chi connectivity index (χ0n) is 10.1. The van der Waals surface area contributed by atoms with Crippen LogP contribution in [-0.2, 0) is 12.6 Å². The average molecular weight is 270 g/mol. The quantitative estimate of drug-likeness (QED) is 0.927. The highest BCUT2D eigenvalue weighted by Gasteiger charge is 2.38. The van der Waals surface area contributed by atoms with Crippen LogP contribution in [-0.4, -0.2) is 21.5 Å². The molecule has 1 aromatic heterocycles. The monoisotopic (exact) mass is 270 g/mol. The van der Waals surface area contributed by atoms with E-state index in [4.69, 9.17) is 5.11 Å². The van der Waals surface area contributed by atoms with Gasteiger partial charge < -0.3 is 5.11 Å². The van der Waals surface area contributed by atoms with Crippen LogP contribution in [0.5, 0.6) is 0 Å². The molecule has 2 rings (SSSR count). The molecule has 0 bridgehead atoms. The van der Waals surface area contributed by atoms with Crippen LogP contribution in [0.3, 0.4) is 0 Å². The average Bonchev–Trinajstić information content (AvgIpc) is 2.81. The summed E-state index contributed by atoms with van der Waals surface area (Å²) in [6.45, 7) is -0.145. The molecule has 0 unspecified atom stereocenters. The van der Waals surface area contributed by atoms with Gasteiger partial charge in [0.25, 0.3) is 0 Å². The molecule has 0 atom stereocenters. The molecule has 0 saturated carbocycles. The number of aliphatic hydroxyl groups excluding tert-OH is 1. The Bertz CT molecular complexity index is 535. The van der Waals surface area contributed by atoms with Crippen LogP contribution in [0.4, 0.5) is 13.2 Å². The normalized spacial score (nSPS) is 11.8. The first-order valence-electron chi connectivity index (χ1n) is 5.84. The van der Waals surface area contributed by atoms with E-state index in [1.165, 1.54) is 6.20 Å². The largest absolute Gasteiger partial charge is 0.433 e. The van der Waals surface area contributed by atoms with Crippen LogP contribution in [0.2, 0.25) is 0 Å². The molecule has 1 N–H and O–H groups in total. The summed E-state index contributed by atoms with van der Waals surface area (Å²) in [6.07, 6.45) is -2.83. The van der Waals surface area contributed by atoms with Crippen molar-refractivity contribution in [3.63, 3.8) is 0 Å². The van der Waals surface area contributed by atoms with Gasteiger partial charge in [-0.2, -0.15) is 18.3 Å². The lowest BCUT2D eigenvalue weighted by atomic mass is 10.1.